The SMILES string of the molecule is COC(=O)CCc1c2cccc1S(=O)(=O)O2. The maximum atomic E-state index is 11.5. The van der Waals surface area contributed by atoms with Crippen LogP contribution in [0.5, 0.6) is 5.75 Å². The summed E-state index contributed by atoms with van der Waals surface area (Å²) in [6.07, 6.45) is 0.441. The van der Waals surface area contributed by atoms with Gasteiger partial charge in [-0.2, -0.15) is 8.42 Å². The van der Waals surface area contributed by atoms with Crippen LogP contribution >= 0.6 is 0 Å². The second kappa shape index (κ2) is 3.79. The molecule has 0 radical (unpaired) electrons. The molecule has 1 aliphatic heterocycles. The van der Waals surface area contributed by atoms with Gasteiger partial charge in [0.25, 0.3) is 0 Å². The highest BCUT2D eigenvalue weighted by Gasteiger charge is 2.31. The lowest BCUT2D eigenvalue weighted by Gasteiger charge is -1.99. The Kier molecular flexibility index (Phi) is 2.59. The van der Waals surface area contributed by atoms with Crippen molar-refractivity contribution in [3.63, 3.8) is 0 Å². The van der Waals surface area contributed by atoms with Crippen LogP contribution in [0.15, 0.2) is 23.1 Å². The Bertz CT molecular complexity index is 532. The first kappa shape index (κ1) is 10.9. The lowest BCUT2D eigenvalue weighted by Crippen LogP contribution is -2.03. The van der Waals surface area contributed by atoms with Crippen LogP contribution in [-0.4, -0.2) is 21.5 Å². The maximum Gasteiger partial charge on any atom is 0.339 e. The molecule has 0 unspecified atom stereocenters. The maximum absolute atomic E-state index is 11.5. The van der Waals surface area contributed by atoms with Gasteiger partial charge in [-0.25, -0.2) is 0 Å². The molecule has 0 saturated heterocycles. The van der Waals surface area contributed by atoms with Crippen LogP contribution in [0.25, 0.3) is 0 Å². The summed E-state index contributed by atoms with van der Waals surface area (Å²) in [6.45, 7) is 0. The van der Waals surface area contributed by atoms with Crippen LogP contribution in [0.3, 0.4) is 0 Å². The van der Waals surface area contributed by atoms with Gasteiger partial charge in [0, 0.05) is 12.0 Å². The highest BCUT2D eigenvalue weighted by atomic mass is 32.2. The molecule has 2 rings (SSSR count). The van der Waals surface area contributed by atoms with Crippen molar-refractivity contribution >= 4 is 16.1 Å². The molecule has 0 aromatic heterocycles. The standard InChI is InChI=1S/C10H10O5S/c1-14-10(11)6-5-7-8-3-2-4-9(7)16(12,13)15-8/h2-4H,5-6H2,1H3. The van der Waals surface area contributed by atoms with Crippen molar-refractivity contribution < 1.29 is 22.1 Å². The molecule has 86 valence electrons. The number of benzene rings is 1. The van der Waals surface area contributed by atoms with Crippen LogP contribution in [0.4, 0.5) is 0 Å². The molecule has 0 amide bonds. The lowest BCUT2D eigenvalue weighted by molar-refractivity contribution is -0.140. The Morgan fingerprint density at radius 3 is 2.81 bits per heavy atom. The van der Waals surface area contributed by atoms with E-state index in [4.69, 9.17) is 4.18 Å². The average molecular weight is 242 g/mol. The number of esters is 1. The highest BCUT2D eigenvalue weighted by molar-refractivity contribution is 7.87. The van der Waals surface area contributed by atoms with E-state index >= 15 is 0 Å². The van der Waals surface area contributed by atoms with Gasteiger partial charge in [-0.1, -0.05) is 6.07 Å². The van der Waals surface area contributed by atoms with E-state index in [0.29, 0.717) is 17.7 Å². The third kappa shape index (κ3) is 1.76. The molecule has 0 N–H and O–H groups in total. The fourth-order valence-electron chi connectivity index (χ4n) is 1.60. The molecule has 0 saturated carbocycles. The van der Waals surface area contributed by atoms with Gasteiger partial charge >= 0.3 is 16.1 Å². The second-order valence-corrected chi connectivity index (χ2v) is 4.86. The monoisotopic (exact) mass is 242 g/mol. The first-order chi connectivity index (χ1) is 7.54. The van der Waals surface area contributed by atoms with E-state index in [1.807, 2.05) is 0 Å². The molecule has 1 aromatic carbocycles. The molecular formula is C10H10O5S. The van der Waals surface area contributed by atoms with Crippen molar-refractivity contribution in [2.24, 2.45) is 0 Å². The van der Waals surface area contributed by atoms with Crippen molar-refractivity contribution in [3.8, 4) is 5.75 Å². The Hall–Kier alpha value is -1.56. The summed E-state index contributed by atoms with van der Waals surface area (Å²) in [5, 5.41) is 0. The van der Waals surface area contributed by atoms with E-state index in [1.54, 1.807) is 12.1 Å². The molecule has 0 spiro atoms. The summed E-state index contributed by atoms with van der Waals surface area (Å²) in [5.41, 5.74) is 0.549. The number of ether oxygens (including phenoxy) is 1. The second-order valence-electron chi connectivity index (χ2n) is 3.35. The first-order valence-corrected chi connectivity index (χ1v) is 6.08. The number of methoxy groups -OCH3 is 1. The molecule has 2 bridgehead atoms. The van der Waals surface area contributed by atoms with Crippen molar-refractivity contribution in [3.05, 3.63) is 23.8 Å². The van der Waals surface area contributed by atoms with E-state index in [1.165, 1.54) is 13.2 Å². The molecule has 1 aromatic rings. The van der Waals surface area contributed by atoms with Crippen LogP contribution in [-0.2, 0) is 26.1 Å². The van der Waals surface area contributed by atoms with Gasteiger partial charge < -0.3 is 8.92 Å². The van der Waals surface area contributed by atoms with E-state index in [2.05, 4.69) is 4.74 Å². The number of hydrogen-bond donors (Lipinski definition) is 0. The van der Waals surface area contributed by atoms with Crippen LogP contribution in [0, 0.1) is 0 Å². The number of carbonyl (C=O) groups excluding carboxylic acids is 1. The zero-order valence-electron chi connectivity index (χ0n) is 8.60. The Labute approximate surface area is 93.1 Å². The van der Waals surface area contributed by atoms with E-state index in [-0.39, 0.29) is 17.3 Å². The van der Waals surface area contributed by atoms with Crippen LogP contribution < -0.4 is 4.18 Å². The summed E-state index contributed by atoms with van der Waals surface area (Å²) in [7, 11) is -2.36. The van der Waals surface area contributed by atoms with Gasteiger partial charge in [0.1, 0.15) is 10.6 Å². The van der Waals surface area contributed by atoms with Gasteiger partial charge in [-0.3, -0.25) is 4.79 Å². The highest BCUT2D eigenvalue weighted by Crippen LogP contribution is 2.36. The fourth-order valence-corrected chi connectivity index (χ4v) is 2.83. The first-order valence-electron chi connectivity index (χ1n) is 4.68. The summed E-state index contributed by atoms with van der Waals surface area (Å²) in [5.74, 6) is -0.0681. The molecule has 0 atom stereocenters. The summed E-state index contributed by atoms with van der Waals surface area (Å²) < 4.78 is 32.2. The van der Waals surface area contributed by atoms with E-state index in [9.17, 15) is 13.2 Å². The van der Waals surface area contributed by atoms with Crippen molar-refractivity contribution in [1.29, 1.82) is 0 Å². The predicted molar refractivity (Wildman–Crippen MR) is 54.6 cm³/mol. The van der Waals surface area contributed by atoms with Crippen LogP contribution in [0.2, 0.25) is 0 Å². The van der Waals surface area contributed by atoms with Crippen molar-refractivity contribution in [2.75, 3.05) is 7.11 Å². The molecule has 0 aliphatic carbocycles. The molecule has 6 heteroatoms. The average Bonchev–Trinajstić information content (AvgIpc) is 2.38. The number of fused-ring (bicyclic) bond motifs is 2. The Morgan fingerprint density at radius 2 is 2.19 bits per heavy atom. The smallest absolute Gasteiger partial charge is 0.339 e. The Morgan fingerprint density at radius 1 is 1.44 bits per heavy atom. The molecule has 1 aliphatic rings. The number of carbonyl (C=O) groups is 1. The molecule has 5 nitrogen and oxygen atoms in total. The van der Waals surface area contributed by atoms with Gasteiger partial charge in [0.15, 0.2) is 0 Å². The lowest BCUT2D eigenvalue weighted by atomic mass is 10.1. The normalized spacial score (nSPS) is 15.6. The minimum atomic E-state index is -3.66. The quantitative estimate of drug-likeness (QED) is 0.581. The summed E-state index contributed by atoms with van der Waals surface area (Å²) in [4.78, 5) is 11.1. The van der Waals surface area contributed by atoms with E-state index in [0.717, 1.165) is 0 Å². The van der Waals surface area contributed by atoms with Gasteiger partial charge in [-0.15, -0.1) is 0 Å². The fraction of sp³-hybridized carbons (Fsp3) is 0.300. The third-order valence-electron chi connectivity index (χ3n) is 2.37. The molecular weight excluding hydrogens is 232 g/mol. The third-order valence-corrected chi connectivity index (χ3v) is 3.69. The van der Waals surface area contributed by atoms with Crippen molar-refractivity contribution in [1.82, 2.24) is 0 Å². The minimum Gasteiger partial charge on any atom is -0.469 e. The van der Waals surface area contributed by atoms with Gasteiger partial charge in [-0.05, 0) is 18.6 Å². The summed E-state index contributed by atoms with van der Waals surface area (Å²) >= 11 is 0. The number of hydrogen-bond acceptors (Lipinski definition) is 5. The van der Waals surface area contributed by atoms with Gasteiger partial charge in [0.05, 0.1) is 7.11 Å². The molecule has 1 heterocycles. The van der Waals surface area contributed by atoms with Crippen LogP contribution in [0.1, 0.15) is 12.0 Å². The Balaban J connectivity index is 2.28. The zero-order chi connectivity index (χ0) is 11.8. The molecule has 0 fully saturated rings. The van der Waals surface area contributed by atoms with Gasteiger partial charge in [0.2, 0.25) is 0 Å². The molecule has 16 heavy (non-hydrogen) atoms. The number of rotatable bonds is 3. The van der Waals surface area contributed by atoms with Crippen molar-refractivity contribution in [2.45, 2.75) is 17.7 Å². The van der Waals surface area contributed by atoms with E-state index < -0.39 is 10.1 Å². The minimum absolute atomic E-state index is 0.138. The predicted octanol–water partition coefficient (Wildman–Crippen LogP) is 0.873. The largest absolute Gasteiger partial charge is 0.469 e. The summed E-state index contributed by atoms with van der Waals surface area (Å²) in [6, 6.07) is 4.65. The topological polar surface area (TPSA) is 69.7 Å². The zero-order valence-corrected chi connectivity index (χ0v) is 9.41.